The standard InChI is InChI=1S/C27H21Br2ClN2O/c28-21-10-4-17(5-11-21)16-20-2-1-3-24-25(20)31-32(26(24)18-6-12-22(29)13-7-18)27(33)19-8-14-23(30)15-9-19/h4-16,24,26H,1-3H2/b20-16-/t24-,26-/m1/s1. The number of fused-ring (bicyclic) bond motifs is 1. The van der Waals surface area contributed by atoms with Crippen molar-refractivity contribution in [2.45, 2.75) is 25.3 Å². The van der Waals surface area contributed by atoms with Crippen LogP contribution in [0.5, 0.6) is 0 Å². The third-order valence-electron chi connectivity index (χ3n) is 6.22. The number of rotatable bonds is 3. The lowest BCUT2D eigenvalue weighted by atomic mass is 9.77. The van der Waals surface area contributed by atoms with E-state index in [4.69, 9.17) is 16.7 Å². The van der Waals surface area contributed by atoms with E-state index in [1.54, 1.807) is 29.3 Å². The summed E-state index contributed by atoms with van der Waals surface area (Å²) in [6.07, 6.45) is 5.25. The molecule has 3 nitrogen and oxygen atoms in total. The molecule has 0 spiro atoms. The van der Waals surface area contributed by atoms with Crippen LogP contribution in [0.4, 0.5) is 0 Å². The van der Waals surface area contributed by atoms with Crippen LogP contribution in [0.25, 0.3) is 6.08 Å². The minimum absolute atomic E-state index is 0.107. The summed E-state index contributed by atoms with van der Waals surface area (Å²) in [4.78, 5) is 13.6. The predicted molar refractivity (Wildman–Crippen MR) is 141 cm³/mol. The number of benzene rings is 3. The van der Waals surface area contributed by atoms with E-state index < -0.39 is 0 Å². The van der Waals surface area contributed by atoms with Gasteiger partial charge in [-0.1, -0.05) is 67.7 Å². The van der Waals surface area contributed by atoms with E-state index in [1.165, 1.54) is 5.57 Å². The fourth-order valence-corrected chi connectivity index (χ4v) is 5.30. The quantitative estimate of drug-likeness (QED) is 0.305. The molecule has 0 bridgehead atoms. The molecule has 2 aliphatic rings. The van der Waals surface area contributed by atoms with Gasteiger partial charge in [0.05, 0.1) is 11.8 Å². The Morgan fingerprint density at radius 1 is 0.939 bits per heavy atom. The number of amides is 1. The molecule has 0 aromatic heterocycles. The normalized spacial score (nSPS) is 21.1. The van der Waals surface area contributed by atoms with Crippen LogP contribution in [0.3, 0.4) is 0 Å². The van der Waals surface area contributed by atoms with Gasteiger partial charge >= 0.3 is 0 Å². The molecule has 1 aliphatic heterocycles. The van der Waals surface area contributed by atoms with Gasteiger partial charge in [-0.05, 0) is 90.6 Å². The molecular weight excluding hydrogens is 564 g/mol. The molecule has 33 heavy (non-hydrogen) atoms. The molecule has 1 aliphatic carbocycles. The molecule has 0 saturated heterocycles. The maximum absolute atomic E-state index is 13.6. The summed E-state index contributed by atoms with van der Waals surface area (Å²) in [6.45, 7) is 0. The van der Waals surface area contributed by atoms with Gasteiger partial charge in [0.2, 0.25) is 0 Å². The van der Waals surface area contributed by atoms with Gasteiger partial charge in [-0.15, -0.1) is 0 Å². The first-order valence-corrected chi connectivity index (χ1v) is 12.9. The predicted octanol–water partition coefficient (Wildman–Crippen LogP) is 8.30. The molecule has 3 aromatic carbocycles. The van der Waals surface area contributed by atoms with Crippen LogP contribution in [0, 0.1) is 5.92 Å². The first kappa shape index (κ1) is 22.6. The van der Waals surface area contributed by atoms with Gasteiger partial charge in [0.1, 0.15) is 0 Å². The Kier molecular flexibility index (Phi) is 6.55. The van der Waals surface area contributed by atoms with E-state index in [-0.39, 0.29) is 17.9 Å². The second-order valence-electron chi connectivity index (χ2n) is 8.36. The summed E-state index contributed by atoms with van der Waals surface area (Å²) in [5.74, 6) is 0.0577. The van der Waals surface area contributed by atoms with Gasteiger partial charge in [0.25, 0.3) is 5.91 Å². The van der Waals surface area contributed by atoms with Crippen molar-refractivity contribution < 1.29 is 4.79 Å². The first-order valence-electron chi connectivity index (χ1n) is 10.9. The number of nitrogens with zero attached hydrogens (tertiary/aromatic N) is 2. The van der Waals surface area contributed by atoms with E-state index in [9.17, 15) is 4.79 Å². The molecule has 1 amide bonds. The second kappa shape index (κ2) is 9.57. The van der Waals surface area contributed by atoms with Crippen molar-refractivity contribution in [3.63, 3.8) is 0 Å². The van der Waals surface area contributed by atoms with E-state index in [0.29, 0.717) is 10.6 Å². The molecule has 5 rings (SSSR count). The van der Waals surface area contributed by atoms with Crippen molar-refractivity contribution in [2.24, 2.45) is 11.0 Å². The highest BCUT2D eigenvalue weighted by molar-refractivity contribution is 9.10. The highest BCUT2D eigenvalue weighted by Crippen LogP contribution is 2.45. The minimum atomic E-state index is -0.134. The molecule has 1 saturated carbocycles. The van der Waals surface area contributed by atoms with E-state index in [1.807, 2.05) is 24.3 Å². The van der Waals surface area contributed by atoms with Crippen LogP contribution in [0.1, 0.15) is 46.8 Å². The van der Waals surface area contributed by atoms with Gasteiger partial charge in [-0.2, -0.15) is 5.10 Å². The average molecular weight is 585 g/mol. The van der Waals surface area contributed by atoms with Gasteiger partial charge in [-0.25, -0.2) is 5.01 Å². The molecule has 1 heterocycles. The van der Waals surface area contributed by atoms with E-state index in [0.717, 1.165) is 45.0 Å². The number of carbonyl (C=O) groups is 1. The lowest BCUT2D eigenvalue weighted by molar-refractivity contribution is 0.0681. The second-order valence-corrected chi connectivity index (χ2v) is 10.6. The van der Waals surface area contributed by atoms with Crippen molar-refractivity contribution >= 4 is 61.2 Å². The summed E-state index contributed by atoms with van der Waals surface area (Å²) < 4.78 is 2.07. The van der Waals surface area contributed by atoms with Gasteiger partial charge in [0.15, 0.2) is 0 Å². The number of allylic oxidation sites excluding steroid dienone is 1. The first-order chi connectivity index (χ1) is 16.0. The highest BCUT2D eigenvalue weighted by atomic mass is 79.9. The summed E-state index contributed by atoms with van der Waals surface area (Å²) in [7, 11) is 0. The number of halogens is 3. The van der Waals surface area contributed by atoms with Gasteiger partial charge < -0.3 is 0 Å². The van der Waals surface area contributed by atoms with Crippen molar-refractivity contribution in [2.75, 3.05) is 0 Å². The molecule has 166 valence electrons. The third kappa shape index (κ3) is 4.72. The lowest BCUT2D eigenvalue weighted by Crippen LogP contribution is -2.31. The molecular formula is C27H21Br2ClN2O. The molecule has 0 unspecified atom stereocenters. The van der Waals surface area contributed by atoms with Crippen LogP contribution >= 0.6 is 43.5 Å². The van der Waals surface area contributed by atoms with E-state index >= 15 is 0 Å². The zero-order valence-corrected chi connectivity index (χ0v) is 21.6. The maximum atomic E-state index is 13.6. The van der Waals surface area contributed by atoms with E-state index in [2.05, 4.69) is 62.2 Å². The van der Waals surface area contributed by atoms with Gasteiger partial charge in [-0.3, -0.25) is 4.79 Å². The van der Waals surface area contributed by atoms with Crippen molar-refractivity contribution in [3.05, 3.63) is 109 Å². The molecule has 0 radical (unpaired) electrons. The third-order valence-corrected chi connectivity index (χ3v) is 7.53. The monoisotopic (exact) mass is 582 g/mol. The Morgan fingerprint density at radius 2 is 1.58 bits per heavy atom. The molecule has 3 aromatic rings. The Labute approximate surface area is 215 Å². The van der Waals surface area contributed by atoms with Crippen LogP contribution in [0.2, 0.25) is 5.02 Å². The molecule has 2 atom stereocenters. The molecule has 1 fully saturated rings. The van der Waals surface area contributed by atoms with Crippen LogP contribution in [-0.2, 0) is 0 Å². The summed E-state index contributed by atoms with van der Waals surface area (Å²) >= 11 is 13.1. The molecule has 6 heteroatoms. The minimum Gasteiger partial charge on any atom is -0.267 e. The molecule has 0 N–H and O–H groups in total. The zero-order valence-electron chi connectivity index (χ0n) is 17.7. The van der Waals surface area contributed by atoms with Crippen molar-refractivity contribution in [1.82, 2.24) is 5.01 Å². The highest BCUT2D eigenvalue weighted by Gasteiger charge is 2.43. The zero-order chi connectivity index (χ0) is 22.9. The summed E-state index contributed by atoms with van der Waals surface area (Å²) in [5.41, 5.74) is 5.05. The Balaban J connectivity index is 1.57. The topological polar surface area (TPSA) is 32.7 Å². The fraction of sp³-hybridized carbons (Fsp3) is 0.185. The number of hydrazone groups is 1. The summed E-state index contributed by atoms with van der Waals surface area (Å²) in [5, 5.41) is 7.26. The lowest BCUT2D eigenvalue weighted by Gasteiger charge is -2.29. The summed E-state index contributed by atoms with van der Waals surface area (Å²) in [6, 6.07) is 23.4. The Morgan fingerprint density at radius 3 is 2.24 bits per heavy atom. The Hall–Kier alpha value is -2.21. The number of carbonyl (C=O) groups excluding carboxylic acids is 1. The number of hydrogen-bond donors (Lipinski definition) is 0. The fourth-order valence-electron chi connectivity index (χ4n) is 4.65. The average Bonchev–Trinajstić information content (AvgIpc) is 3.22. The largest absolute Gasteiger partial charge is 0.274 e. The Bertz CT molecular complexity index is 1230. The van der Waals surface area contributed by atoms with Crippen LogP contribution < -0.4 is 0 Å². The van der Waals surface area contributed by atoms with Crippen molar-refractivity contribution in [1.29, 1.82) is 0 Å². The number of hydrogen-bond acceptors (Lipinski definition) is 2. The van der Waals surface area contributed by atoms with Crippen molar-refractivity contribution in [3.8, 4) is 0 Å². The SMILES string of the molecule is O=C(c1ccc(Cl)cc1)N1N=C2/C(=C\c3ccc(Br)cc3)CCC[C@H]2[C@H]1c1ccc(Br)cc1. The van der Waals surface area contributed by atoms with Crippen LogP contribution in [0.15, 0.2) is 92.4 Å². The smallest absolute Gasteiger partial charge is 0.267 e. The van der Waals surface area contributed by atoms with Crippen LogP contribution in [-0.4, -0.2) is 16.6 Å². The maximum Gasteiger partial charge on any atom is 0.274 e. The van der Waals surface area contributed by atoms with Gasteiger partial charge in [0, 0.05) is 25.4 Å².